The molecule has 1 aromatic rings. The molecule has 4 aliphatic carbocycles. The standard InChI is InChI=1S/C32H48N2O5/c1-19(5-12-29(38)34-33-18-20-6-8-23(39-4)9-7-20)24-10-11-25-30-26(17-28(37)32(24,25)3)31(2)14-13-22(35)15-21(31)16-27(30)36/h6-9,18-19,21-22,24-28,30,35-37H,5,10-17H2,1-4H3,(H,34,38)/b33-18+/t19-,21+,22-,24-,25+,26+,27-,28+,30+,31+,32-/m1/s1. The molecular weight excluding hydrogens is 492 g/mol. The summed E-state index contributed by atoms with van der Waals surface area (Å²) in [4.78, 5) is 12.6. The van der Waals surface area contributed by atoms with Crippen LogP contribution in [0.4, 0.5) is 0 Å². The zero-order chi connectivity index (χ0) is 27.9. The fourth-order valence-electron chi connectivity index (χ4n) is 9.62. The van der Waals surface area contributed by atoms with Crippen LogP contribution in [0.25, 0.3) is 0 Å². The predicted molar refractivity (Wildman–Crippen MR) is 151 cm³/mol. The largest absolute Gasteiger partial charge is 0.497 e. The van der Waals surface area contributed by atoms with Gasteiger partial charge in [-0.2, -0.15) is 5.10 Å². The molecule has 7 heteroatoms. The lowest BCUT2D eigenvalue weighted by Crippen LogP contribution is -2.62. The molecule has 0 aliphatic heterocycles. The molecule has 1 aromatic carbocycles. The van der Waals surface area contributed by atoms with Crippen LogP contribution in [0.15, 0.2) is 29.4 Å². The van der Waals surface area contributed by atoms with Crippen LogP contribution in [0.2, 0.25) is 0 Å². The van der Waals surface area contributed by atoms with Gasteiger partial charge in [-0.15, -0.1) is 0 Å². The molecule has 0 aromatic heterocycles. The second-order valence-electron chi connectivity index (χ2n) is 13.6. The van der Waals surface area contributed by atoms with Crippen molar-refractivity contribution in [1.82, 2.24) is 5.43 Å². The zero-order valence-corrected chi connectivity index (χ0v) is 24.1. The molecule has 0 bridgehead atoms. The Hall–Kier alpha value is -1.96. The molecule has 7 nitrogen and oxygen atoms in total. The summed E-state index contributed by atoms with van der Waals surface area (Å²) in [5, 5.41) is 37.6. The Kier molecular flexibility index (Phi) is 8.16. The van der Waals surface area contributed by atoms with E-state index in [2.05, 4.69) is 31.3 Å². The van der Waals surface area contributed by atoms with Gasteiger partial charge >= 0.3 is 0 Å². The second-order valence-corrected chi connectivity index (χ2v) is 13.6. The van der Waals surface area contributed by atoms with Crippen molar-refractivity contribution in [2.75, 3.05) is 7.11 Å². The van der Waals surface area contributed by atoms with E-state index >= 15 is 0 Å². The van der Waals surface area contributed by atoms with Crippen LogP contribution in [-0.4, -0.2) is 52.9 Å². The molecule has 4 N–H and O–H groups in total. The number of rotatable bonds is 7. The van der Waals surface area contributed by atoms with Crippen LogP contribution in [-0.2, 0) is 4.79 Å². The first-order valence-electron chi connectivity index (χ1n) is 15.1. The van der Waals surface area contributed by atoms with Gasteiger partial charge in [0.25, 0.3) is 0 Å². The number of nitrogens with zero attached hydrogens (tertiary/aromatic N) is 1. The van der Waals surface area contributed by atoms with Crippen molar-refractivity contribution in [1.29, 1.82) is 0 Å². The minimum atomic E-state index is -0.406. The number of aliphatic hydroxyl groups is 3. The summed E-state index contributed by atoms with van der Waals surface area (Å²) in [5.74, 6) is 2.42. The number of fused-ring (bicyclic) bond motifs is 5. The Morgan fingerprint density at radius 3 is 2.56 bits per heavy atom. The van der Waals surface area contributed by atoms with Crippen LogP contribution >= 0.6 is 0 Å². The third-order valence-corrected chi connectivity index (χ3v) is 11.9. The maximum atomic E-state index is 12.6. The number of benzene rings is 1. The number of hydrogen-bond acceptors (Lipinski definition) is 6. The normalized spacial score (nSPS) is 42.3. The highest BCUT2D eigenvalue weighted by molar-refractivity contribution is 5.82. The van der Waals surface area contributed by atoms with Crippen LogP contribution in [0, 0.1) is 46.3 Å². The Morgan fingerprint density at radius 2 is 1.85 bits per heavy atom. The van der Waals surface area contributed by atoms with Crippen molar-refractivity contribution in [3.8, 4) is 5.75 Å². The van der Waals surface area contributed by atoms with E-state index in [1.165, 1.54) is 0 Å². The van der Waals surface area contributed by atoms with E-state index in [4.69, 9.17) is 4.74 Å². The van der Waals surface area contributed by atoms with Gasteiger partial charge < -0.3 is 20.1 Å². The lowest BCUT2D eigenvalue weighted by atomic mass is 9.43. The number of ether oxygens (including phenoxy) is 1. The molecule has 0 heterocycles. The fraction of sp³-hybridized carbons (Fsp3) is 0.750. The lowest BCUT2D eigenvalue weighted by Gasteiger charge is -2.63. The highest BCUT2D eigenvalue weighted by Crippen LogP contribution is 2.68. The second kappa shape index (κ2) is 11.1. The molecule has 5 rings (SSSR count). The summed E-state index contributed by atoms with van der Waals surface area (Å²) >= 11 is 0. The highest BCUT2D eigenvalue weighted by Gasteiger charge is 2.65. The Morgan fingerprint density at radius 1 is 1.10 bits per heavy atom. The summed E-state index contributed by atoms with van der Waals surface area (Å²) in [6, 6.07) is 7.48. The van der Waals surface area contributed by atoms with E-state index < -0.39 is 6.10 Å². The molecule has 216 valence electrons. The molecule has 39 heavy (non-hydrogen) atoms. The molecule has 0 radical (unpaired) electrons. The van der Waals surface area contributed by atoms with E-state index in [-0.39, 0.29) is 40.8 Å². The lowest BCUT2D eigenvalue weighted by molar-refractivity contribution is -0.207. The smallest absolute Gasteiger partial charge is 0.240 e. The molecular formula is C32H48N2O5. The zero-order valence-electron chi connectivity index (χ0n) is 24.1. The third kappa shape index (κ3) is 5.15. The third-order valence-electron chi connectivity index (χ3n) is 11.9. The number of hydrogen-bond donors (Lipinski definition) is 4. The average molecular weight is 541 g/mol. The molecule has 4 fully saturated rings. The molecule has 11 atom stereocenters. The van der Waals surface area contributed by atoms with E-state index in [9.17, 15) is 20.1 Å². The van der Waals surface area contributed by atoms with Crippen molar-refractivity contribution in [3.63, 3.8) is 0 Å². The maximum absolute atomic E-state index is 12.6. The van der Waals surface area contributed by atoms with Crippen molar-refractivity contribution in [2.24, 2.45) is 51.4 Å². The highest BCUT2D eigenvalue weighted by atomic mass is 16.5. The van der Waals surface area contributed by atoms with Gasteiger partial charge in [-0.3, -0.25) is 4.79 Å². The monoisotopic (exact) mass is 540 g/mol. The first kappa shape index (κ1) is 28.6. The van der Waals surface area contributed by atoms with Gasteiger partial charge in [-0.1, -0.05) is 20.8 Å². The summed E-state index contributed by atoms with van der Waals surface area (Å²) in [5.41, 5.74) is 3.37. The Bertz CT molecular complexity index is 1050. The fourth-order valence-corrected chi connectivity index (χ4v) is 9.62. The maximum Gasteiger partial charge on any atom is 0.240 e. The Labute approximate surface area is 233 Å². The number of amides is 1. The van der Waals surface area contributed by atoms with E-state index in [1.54, 1.807) is 13.3 Å². The van der Waals surface area contributed by atoms with E-state index in [0.717, 1.165) is 62.7 Å². The number of hydrazone groups is 1. The number of carbonyl (C=O) groups excluding carboxylic acids is 1. The van der Waals surface area contributed by atoms with Gasteiger partial charge in [0.15, 0.2) is 0 Å². The van der Waals surface area contributed by atoms with Crippen molar-refractivity contribution < 1.29 is 24.9 Å². The summed E-state index contributed by atoms with van der Waals surface area (Å²) < 4.78 is 5.16. The van der Waals surface area contributed by atoms with Crippen molar-refractivity contribution >= 4 is 12.1 Å². The first-order chi connectivity index (χ1) is 18.6. The summed E-state index contributed by atoms with van der Waals surface area (Å²) in [6.07, 6.45) is 7.91. The van der Waals surface area contributed by atoms with Gasteiger partial charge in [-0.05, 0) is 128 Å². The average Bonchev–Trinajstić information content (AvgIpc) is 3.28. The molecule has 0 saturated heterocycles. The minimum absolute atomic E-state index is 0.0829. The topological polar surface area (TPSA) is 111 Å². The van der Waals surface area contributed by atoms with E-state index in [0.29, 0.717) is 30.1 Å². The minimum Gasteiger partial charge on any atom is -0.497 e. The van der Waals surface area contributed by atoms with Gasteiger partial charge in [0.2, 0.25) is 5.91 Å². The molecule has 1 amide bonds. The quantitative estimate of drug-likeness (QED) is 0.300. The van der Waals surface area contributed by atoms with Crippen LogP contribution < -0.4 is 10.2 Å². The van der Waals surface area contributed by atoms with Gasteiger partial charge in [0.05, 0.1) is 31.6 Å². The van der Waals surface area contributed by atoms with Crippen LogP contribution in [0.5, 0.6) is 5.75 Å². The molecule has 0 unspecified atom stereocenters. The van der Waals surface area contributed by atoms with E-state index in [1.807, 2.05) is 24.3 Å². The number of carbonyl (C=O) groups is 1. The number of methoxy groups -OCH3 is 1. The first-order valence-corrected chi connectivity index (χ1v) is 15.1. The number of aliphatic hydroxyl groups excluding tert-OH is 3. The summed E-state index contributed by atoms with van der Waals surface area (Å²) in [6.45, 7) is 6.85. The van der Waals surface area contributed by atoms with Crippen molar-refractivity contribution in [3.05, 3.63) is 29.8 Å². The summed E-state index contributed by atoms with van der Waals surface area (Å²) in [7, 11) is 1.62. The number of nitrogens with one attached hydrogen (secondary N) is 1. The molecule has 4 saturated carbocycles. The Balaban J connectivity index is 1.21. The molecule has 4 aliphatic rings. The van der Waals surface area contributed by atoms with Gasteiger partial charge in [0.1, 0.15) is 5.75 Å². The van der Waals surface area contributed by atoms with Crippen LogP contribution in [0.3, 0.4) is 0 Å². The van der Waals surface area contributed by atoms with Crippen molar-refractivity contribution in [2.45, 2.75) is 96.9 Å². The van der Waals surface area contributed by atoms with Gasteiger partial charge in [0, 0.05) is 6.42 Å². The molecule has 0 spiro atoms. The SMILES string of the molecule is COc1ccc(/C=N/NC(=O)CC[C@@H](C)[C@H]2CC[C@H]3[C@@H]4[C@H](O)C[C@@H]5C[C@H](O)CC[C@]5(C)[C@H]4C[C@H](O)[C@]23C)cc1. The van der Waals surface area contributed by atoms with Gasteiger partial charge in [-0.25, -0.2) is 5.43 Å². The predicted octanol–water partition coefficient (Wildman–Crippen LogP) is 4.52. The van der Waals surface area contributed by atoms with Crippen LogP contribution in [0.1, 0.15) is 84.1 Å².